The molecule has 1 aromatic heterocycles. The Bertz CT molecular complexity index is 1140. The molecule has 1 aliphatic carbocycles. The number of fused-ring (bicyclic) bond motifs is 1. The third-order valence-corrected chi connectivity index (χ3v) is 8.22. The van der Waals surface area contributed by atoms with Crippen LogP contribution in [-0.2, 0) is 16.6 Å². The van der Waals surface area contributed by atoms with E-state index in [0.717, 1.165) is 54.2 Å². The topological polar surface area (TPSA) is 85.6 Å². The highest BCUT2D eigenvalue weighted by atomic mass is 16.5. The van der Waals surface area contributed by atoms with E-state index in [1.54, 1.807) is 23.3 Å². The molecule has 1 atom stereocenters. The standard InChI is InChI=1S/C26H36N4O4/c1-28-24-19(30(26(28)33)20-9-11-22(31)27-25(20)32)8-10-21(34-2)23(24)18-12-14-29(15-13-18)16-17-6-4-3-5-7-17/h8,10,17-18,20H,3-7,9,11-16H2,1-2H3,(H,27,31,32)/t20-/m0/s1. The largest absolute Gasteiger partial charge is 0.496 e. The highest BCUT2D eigenvalue weighted by Crippen LogP contribution is 2.40. The quantitative estimate of drug-likeness (QED) is 0.682. The number of nitrogens with one attached hydrogen (secondary N) is 1. The van der Waals surface area contributed by atoms with E-state index < -0.39 is 11.9 Å². The minimum absolute atomic E-state index is 0.228. The number of aryl methyl sites for hydroxylation is 1. The fourth-order valence-corrected chi connectivity index (χ4v) is 6.43. The number of carbonyl (C=O) groups excluding carboxylic acids is 2. The van der Waals surface area contributed by atoms with Gasteiger partial charge in [0.2, 0.25) is 11.8 Å². The first-order chi connectivity index (χ1) is 16.5. The predicted octanol–water partition coefficient (Wildman–Crippen LogP) is 3.09. The highest BCUT2D eigenvalue weighted by Gasteiger charge is 2.34. The van der Waals surface area contributed by atoms with Gasteiger partial charge in [0.25, 0.3) is 0 Å². The average Bonchev–Trinajstić information content (AvgIpc) is 3.10. The molecule has 34 heavy (non-hydrogen) atoms. The van der Waals surface area contributed by atoms with Crippen molar-refractivity contribution >= 4 is 22.8 Å². The number of hydrogen-bond acceptors (Lipinski definition) is 5. The minimum atomic E-state index is -0.674. The number of imidazole rings is 1. The zero-order valence-electron chi connectivity index (χ0n) is 20.3. The SMILES string of the molecule is COc1ccc2c(c1C1CCN(CC3CCCCC3)CC1)n(C)c(=O)n2[C@H]1CCC(=O)NC1=O. The van der Waals surface area contributed by atoms with Crippen LogP contribution < -0.4 is 15.7 Å². The Balaban J connectivity index is 1.45. The summed E-state index contributed by atoms with van der Waals surface area (Å²) < 4.78 is 9.00. The molecule has 0 unspecified atom stereocenters. The first kappa shape index (κ1) is 23.1. The van der Waals surface area contributed by atoms with E-state index in [9.17, 15) is 14.4 Å². The number of hydrogen-bond donors (Lipinski definition) is 1. The molecule has 184 valence electrons. The third-order valence-electron chi connectivity index (χ3n) is 8.22. The summed E-state index contributed by atoms with van der Waals surface area (Å²) in [6.45, 7) is 3.32. The summed E-state index contributed by atoms with van der Waals surface area (Å²) in [5.41, 5.74) is 2.43. The van der Waals surface area contributed by atoms with Gasteiger partial charge in [0.1, 0.15) is 11.8 Å². The number of aromatic nitrogens is 2. The second kappa shape index (κ2) is 9.56. The maximum absolute atomic E-state index is 13.3. The Hall–Kier alpha value is -2.61. The van der Waals surface area contributed by atoms with Crippen LogP contribution in [0.2, 0.25) is 0 Å². The molecule has 1 aromatic carbocycles. The number of nitrogens with zero attached hydrogens (tertiary/aromatic N) is 3. The van der Waals surface area contributed by atoms with Gasteiger partial charge in [-0.15, -0.1) is 0 Å². The van der Waals surface area contributed by atoms with Crippen molar-refractivity contribution in [2.75, 3.05) is 26.7 Å². The molecule has 2 aliphatic heterocycles. The van der Waals surface area contributed by atoms with Crippen molar-refractivity contribution in [3.63, 3.8) is 0 Å². The van der Waals surface area contributed by atoms with Gasteiger partial charge in [-0.05, 0) is 69.2 Å². The molecule has 3 heterocycles. The first-order valence-corrected chi connectivity index (χ1v) is 12.8. The van der Waals surface area contributed by atoms with Gasteiger partial charge in [-0.3, -0.25) is 24.0 Å². The van der Waals surface area contributed by atoms with Gasteiger partial charge < -0.3 is 9.64 Å². The summed E-state index contributed by atoms with van der Waals surface area (Å²) >= 11 is 0. The normalized spacial score (nSPS) is 23.4. The van der Waals surface area contributed by atoms with Crippen molar-refractivity contribution in [3.05, 3.63) is 28.2 Å². The molecule has 5 rings (SSSR count). The van der Waals surface area contributed by atoms with Crippen LogP contribution in [0.25, 0.3) is 11.0 Å². The molecule has 2 aromatic rings. The van der Waals surface area contributed by atoms with Gasteiger partial charge in [-0.2, -0.15) is 0 Å². The molecule has 3 aliphatic rings. The van der Waals surface area contributed by atoms with Crippen molar-refractivity contribution in [3.8, 4) is 5.75 Å². The number of ether oxygens (including phenoxy) is 1. The molecule has 0 spiro atoms. The summed E-state index contributed by atoms with van der Waals surface area (Å²) in [6.07, 6.45) is 9.49. The van der Waals surface area contributed by atoms with Gasteiger partial charge in [-0.25, -0.2) is 4.79 Å². The van der Waals surface area contributed by atoms with Gasteiger partial charge in [0, 0.05) is 25.6 Å². The molecule has 3 fully saturated rings. The molecule has 2 saturated heterocycles. The number of likely N-dealkylation sites (tertiary alicyclic amines) is 1. The Labute approximate surface area is 200 Å². The van der Waals surface area contributed by atoms with Crippen LogP contribution in [0.1, 0.15) is 75.3 Å². The number of amides is 2. The van der Waals surface area contributed by atoms with Crippen molar-refractivity contribution in [1.29, 1.82) is 0 Å². The van der Waals surface area contributed by atoms with E-state index in [4.69, 9.17) is 4.74 Å². The van der Waals surface area contributed by atoms with E-state index in [-0.39, 0.29) is 18.0 Å². The number of rotatable bonds is 5. The smallest absolute Gasteiger partial charge is 0.329 e. The van der Waals surface area contributed by atoms with Crippen LogP contribution in [0.3, 0.4) is 0 Å². The Morgan fingerprint density at radius 3 is 2.41 bits per heavy atom. The fraction of sp³-hybridized carbons (Fsp3) is 0.654. The molecule has 1 saturated carbocycles. The first-order valence-electron chi connectivity index (χ1n) is 12.8. The van der Waals surface area contributed by atoms with E-state index in [0.29, 0.717) is 12.3 Å². The van der Waals surface area contributed by atoms with Crippen LogP contribution in [0.15, 0.2) is 16.9 Å². The Morgan fingerprint density at radius 1 is 1.00 bits per heavy atom. The molecule has 1 N–H and O–H groups in total. The highest BCUT2D eigenvalue weighted by molar-refractivity contribution is 6.00. The summed E-state index contributed by atoms with van der Waals surface area (Å²) in [6, 6.07) is 3.13. The lowest BCUT2D eigenvalue weighted by molar-refractivity contribution is -0.135. The number of imide groups is 1. The van der Waals surface area contributed by atoms with Crippen molar-refractivity contribution < 1.29 is 14.3 Å². The zero-order chi connectivity index (χ0) is 23.8. The third kappa shape index (κ3) is 4.17. The van der Waals surface area contributed by atoms with Crippen molar-refractivity contribution in [2.24, 2.45) is 13.0 Å². The zero-order valence-corrected chi connectivity index (χ0v) is 20.3. The summed E-state index contributed by atoms with van der Waals surface area (Å²) in [4.78, 5) is 40.2. The average molecular weight is 469 g/mol. The number of methoxy groups -OCH3 is 1. The number of carbonyl (C=O) groups is 2. The van der Waals surface area contributed by atoms with E-state index in [1.807, 2.05) is 12.1 Å². The number of benzene rings is 1. The fourth-order valence-electron chi connectivity index (χ4n) is 6.43. The number of piperidine rings is 2. The Morgan fingerprint density at radius 2 is 1.74 bits per heavy atom. The van der Waals surface area contributed by atoms with Crippen LogP contribution >= 0.6 is 0 Å². The van der Waals surface area contributed by atoms with Crippen molar-refractivity contribution in [1.82, 2.24) is 19.4 Å². The van der Waals surface area contributed by atoms with Crippen LogP contribution in [0.4, 0.5) is 0 Å². The maximum atomic E-state index is 13.3. The molecule has 2 amide bonds. The van der Waals surface area contributed by atoms with Crippen LogP contribution in [0.5, 0.6) is 5.75 Å². The lowest BCUT2D eigenvalue weighted by Gasteiger charge is -2.36. The van der Waals surface area contributed by atoms with E-state index in [2.05, 4.69) is 10.2 Å². The lowest BCUT2D eigenvalue weighted by atomic mass is 9.85. The van der Waals surface area contributed by atoms with Crippen molar-refractivity contribution in [2.45, 2.75) is 69.7 Å². The molecule has 0 bridgehead atoms. The second-order valence-electron chi connectivity index (χ2n) is 10.3. The van der Waals surface area contributed by atoms with Gasteiger partial charge in [0.15, 0.2) is 0 Å². The summed E-state index contributed by atoms with van der Waals surface area (Å²) in [5, 5.41) is 2.39. The maximum Gasteiger partial charge on any atom is 0.329 e. The molecular weight excluding hydrogens is 432 g/mol. The lowest BCUT2D eigenvalue weighted by Crippen LogP contribution is -2.44. The molecular formula is C26H36N4O4. The summed E-state index contributed by atoms with van der Waals surface area (Å²) in [5.74, 6) is 1.25. The van der Waals surface area contributed by atoms with Crippen LogP contribution in [-0.4, -0.2) is 52.6 Å². The van der Waals surface area contributed by atoms with Gasteiger partial charge in [0.05, 0.1) is 18.1 Å². The monoisotopic (exact) mass is 468 g/mol. The van der Waals surface area contributed by atoms with E-state index in [1.165, 1.54) is 38.6 Å². The summed E-state index contributed by atoms with van der Waals surface area (Å²) in [7, 11) is 3.45. The van der Waals surface area contributed by atoms with Gasteiger partial charge >= 0.3 is 5.69 Å². The molecule has 8 nitrogen and oxygen atoms in total. The predicted molar refractivity (Wildman–Crippen MR) is 130 cm³/mol. The minimum Gasteiger partial charge on any atom is -0.496 e. The van der Waals surface area contributed by atoms with E-state index >= 15 is 0 Å². The second-order valence-corrected chi connectivity index (χ2v) is 10.3. The van der Waals surface area contributed by atoms with Gasteiger partial charge in [-0.1, -0.05) is 19.3 Å². The Kier molecular flexibility index (Phi) is 6.51. The molecule has 0 radical (unpaired) electrons. The van der Waals surface area contributed by atoms with Crippen LogP contribution in [0, 0.1) is 5.92 Å². The molecule has 8 heteroatoms.